The molecule has 0 spiro atoms. The maximum atomic E-state index is 13.3. The van der Waals surface area contributed by atoms with Crippen LogP contribution in [0.2, 0.25) is 0 Å². The molecule has 4 rings (SSSR count). The summed E-state index contributed by atoms with van der Waals surface area (Å²) in [6, 6.07) is 14.9. The van der Waals surface area contributed by atoms with Crippen molar-refractivity contribution in [3.63, 3.8) is 0 Å². The van der Waals surface area contributed by atoms with Crippen LogP contribution >= 0.6 is 11.8 Å². The Morgan fingerprint density at radius 3 is 2.54 bits per heavy atom. The highest BCUT2D eigenvalue weighted by Crippen LogP contribution is 2.51. The number of nitriles is 1. The Kier molecular flexibility index (Phi) is 4.61. The second kappa shape index (κ2) is 6.97. The van der Waals surface area contributed by atoms with E-state index < -0.39 is 11.6 Å². The number of thioether (sulfide) groups is 1. The van der Waals surface area contributed by atoms with Gasteiger partial charge in [-0.25, -0.2) is 4.39 Å². The van der Waals surface area contributed by atoms with Crippen LogP contribution in [0.15, 0.2) is 59.1 Å². The maximum absolute atomic E-state index is 13.3. The van der Waals surface area contributed by atoms with Crippen molar-refractivity contribution in [3.8, 4) is 11.8 Å². The van der Waals surface area contributed by atoms with Crippen LogP contribution in [0.25, 0.3) is 0 Å². The first kappa shape index (κ1) is 18.5. The van der Waals surface area contributed by atoms with Crippen molar-refractivity contribution in [2.45, 2.75) is 18.1 Å². The normalized spacial score (nSPS) is 24.1. The van der Waals surface area contributed by atoms with E-state index in [9.17, 15) is 19.6 Å². The first-order valence-corrected chi connectivity index (χ1v) is 9.69. The van der Waals surface area contributed by atoms with Crippen molar-refractivity contribution in [2.24, 2.45) is 0 Å². The molecule has 0 bridgehead atoms. The molecule has 2 aromatic rings. The zero-order valence-corrected chi connectivity index (χ0v) is 15.9. The first-order chi connectivity index (χ1) is 13.5. The minimum absolute atomic E-state index is 0.0387. The number of hydrogen-bond acceptors (Lipinski definition) is 5. The van der Waals surface area contributed by atoms with Gasteiger partial charge in [0.2, 0.25) is 5.91 Å². The Labute approximate surface area is 166 Å². The van der Waals surface area contributed by atoms with Gasteiger partial charge < -0.3 is 9.84 Å². The molecular formula is C21H17FN2O3S. The highest BCUT2D eigenvalue weighted by molar-refractivity contribution is 8.03. The molecule has 0 aromatic heterocycles. The summed E-state index contributed by atoms with van der Waals surface area (Å²) in [5.41, 5.74) is 0.153. The Morgan fingerprint density at radius 1 is 1.25 bits per heavy atom. The monoisotopic (exact) mass is 396 g/mol. The van der Waals surface area contributed by atoms with Gasteiger partial charge in [-0.05, 0) is 29.8 Å². The molecular weight excluding hydrogens is 379 g/mol. The molecule has 2 aliphatic heterocycles. The lowest BCUT2D eigenvalue weighted by molar-refractivity contribution is -0.149. The van der Waals surface area contributed by atoms with Gasteiger partial charge >= 0.3 is 0 Å². The van der Waals surface area contributed by atoms with Crippen molar-refractivity contribution < 1.29 is 19.0 Å². The van der Waals surface area contributed by atoms with E-state index in [1.54, 1.807) is 43.5 Å². The van der Waals surface area contributed by atoms with Gasteiger partial charge in [0.05, 0.1) is 29.5 Å². The number of carbonyl (C=O) groups is 1. The average Bonchev–Trinajstić information content (AvgIpc) is 3.08. The zero-order valence-electron chi connectivity index (χ0n) is 15.1. The van der Waals surface area contributed by atoms with Gasteiger partial charge in [0.1, 0.15) is 11.6 Å². The van der Waals surface area contributed by atoms with E-state index in [4.69, 9.17) is 4.74 Å². The standard InChI is InChI=1S/C21H17FN2O3S/c1-27-16-8-4-14(5-9-16)21(26)12-28-20-18(11-23)17(10-19(25)24(20)21)13-2-6-15(22)7-3-13/h2-9,17,26H,10,12H2,1H3/t17-,21+/m0/s1. The zero-order chi connectivity index (χ0) is 19.9. The molecule has 142 valence electrons. The molecule has 1 amide bonds. The maximum Gasteiger partial charge on any atom is 0.231 e. The molecule has 2 atom stereocenters. The number of carbonyl (C=O) groups excluding carboxylic acids is 1. The number of fused-ring (bicyclic) bond motifs is 1. The highest BCUT2D eigenvalue weighted by atomic mass is 32.2. The van der Waals surface area contributed by atoms with Crippen molar-refractivity contribution in [2.75, 3.05) is 12.9 Å². The predicted octanol–water partition coefficient (Wildman–Crippen LogP) is 3.48. The van der Waals surface area contributed by atoms with Gasteiger partial charge in [-0.15, -0.1) is 11.8 Å². The SMILES string of the molecule is COc1ccc([C@]2(O)CSC3=C(C#N)[C@H](c4ccc(F)cc4)CC(=O)N32)cc1. The average molecular weight is 396 g/mol. The van der Waals surface area contributed by atoms with Crippen LogP contribution in [0.5, 0.6) is 5.75 Å². The fourth-order valence-corrected chi connectivity index (χ4v) is 5.04. The third-order valence-electron chi connectivity index (χ3n) is 5.14. The van der Waals surface area contributed by atoms with Crippen LogP contribution in [0.4, 0.5) is 4.39 Å². The van der Waals surface area contributed by atoms with Crippen LogP contribution in [0, 0.1) is 17.1 Å². The molecule has 2 heterocycles. The van der Waals surface area contributed by atoms with Gasteiger partial charge in [0.15, 0.2) is 5.72 Å². The van der Waals surface area contributed by atoms with E-state index in [2.05, 4.69) is 6.07 Å². The topological polar surface area (TPSA) is 73.6 Å². The molecule has 0 radical (unpaired) electrons. The minimum Gasteiger partial charge on any atom is -0.497 e. The predicted molar refractivity (Wildman–Crippen MR) is 103 cm³/mol. The fourth-order valence-electron chi connectivity index (χ4n) is 3.68. The van der Waals surface area contributed by atoms with E-state index >= 15 is 0 Å². The van der Waals surface area contributed by atoms with E-state index in [0.717, 1.165) is 0 Å². The number of benzene rings is 2. The van der Waals surface area contributed by atoms with E-state index in [-0.39, 0.29) is 23.9 Å². The van der Waals surface area contributed by atoms with Crippen molar-refractivity contribution >= 4 is 17.7 Å². The van der Waals surface area contributed by atoms with E-state index in [0.29, 0.717) is 27.5 Å². The number of rotatable bonds is 3. The minimum atomic E-state index is -1.53. The Balaban J connectivity index is 1.77. The lowest BCUT2D eigenvalue weighted by atomic mass is 9.85. The lowest BCUT2D eigenvalue weighted by Crippen LogP contribution is -2.48. The Bertz CT molecular complexity index is 998. The third kappa shape index (κ3) is 2.86. The lowest BCUT2D eigenvalue weighted by Gasteiger charge is -2.38. The summed E-state index contributed by atoms with van der Waals surface area (Å²) in [4.78, 5) is 14.3. The van der Waals surface area contributed by atoms with Crippen molar-refractivity contribution in [1.82, 2.24) is 4.90 Å². The van der Waals surface area contributed by atoms with E-state index in [1.165, 1.54) is 28.8 Å². The summed E-state index contributed by atoms with van der Waals surface area (Å²) in [6.45, 7) is 0. The third-order valence-corrected chi connectivity index (χ3v) is 6.36. The first-order valence-electron chi connectivity index (χ1n) is 8.70. The van der Waals surface area contributed by atoms with Gasteiger partial charge in [0.25, 0.3) is 0 Å². The number of nitrogens with zero attached hydrogens (tertiary/aromatic N) is 2. The smallest absolute Gasteiger partial charge is 0.231 e. The number of aliphatic hydroxyl groups is 1. The quantitative estimate of drug-likeness (QED) is 0.860. The molecule has 0 aliphatic carbocycles. The largest absolute Gasteiger partial charge is 0.497 e. The highest BCUT2D eigenvalue weighted by Gasteiger charge is 2.51. The molecule has 2 aromatic carbocycles. The summed E-state index contributed by atoms with van der Waals surface area (Å²) < 4.78 is 18.4. The Morgan fingerprint density at radius 2 is 1.93 bits per heavy atom. The van der Waals surface area contributed by atoms with Gasteiger partial charge in [-0.1, -0.05) is 24.3 Å². The van der Waals surface area contributed by atoms with Crippen LogP contribution in [0.1, 0.15) is 23.5 Å². The van der Waals surface area contributed by atoms with Crippen molar-refractivity contribution in [1.29, 1.82) is 5.26 Å². The van der Waals surface area contributed by atoms with E-state index in [1.807, 2.05) is 0 Å². The molecule has 0 unspecified atom stereocenters. The molecule has 2 aliphatic rings. The molecule has 5 nitrogen and oxygen atoms in total. The van der Waals surface area contributed by atoms with Crippen LogP contribution < -0.4 is 4.74 Å². The molecule has 28 heavy (non-hydrogen) atoms. The number of methoxy groups -OCH3 is 1. The number of hydrogen-bond donors (Lipinski definition) is 1. The number of ether oxygens (including phenoxy) is 1. The summed E-state index contributed by atoms with van der Waals surface area (Å²) >= 11 is 1.28. The molecule has 1 N–H and O–H groups in total. The van der Waals surface area contributed by atoms with Crippen LogP contribution in [-0.2, 0) is 10.5 Å². The van der Waals surface area contributed by atoms with Gasteiger partial charge in [0, 0.05) is 17.9 Å². The second-order valence-electron chi connectivity index (χ2n) is 6.70. The molecule has 1 saturated heterocycles. The number of allylic oxidation sites excluding steroid dienone is 1. The van der Waals surface area contributed by atoms with Crippen molar-refractivity contribution in [3.05, 3.63) is 76.1 Å². The van der Waals surface area contributed by atoms with Crippen LogP contribution in [-0.4, -0.2) is 28.8 Å². The number of amides is 1. The second-order valence-corrected chi connectivity index (χ2v) is 7.67. The van der Waals surface area contributed by atoms with Crippen LogP contribution in [0.3, 0.4) is 0 Å². The Hall–Kier alpha value is -2.82. The fraction of sp³-hybridized carbons (Fsp3) is 0.238. The number of halogens is 1. The summed E-state index contributed by atoms with van der Waals surface area (Å²) in [5.74, 6) is -0.223. The summed E-state index contributed by atoms with van der Waals surface area (Å²) in [7, 11) is 1.55. The summed E-state index contributed by atoms with van der Waals surface area (Å²) in [6.07, 6.45) is 0.0387. The summed E-state index contributed by atoms with van der Waals surface area (Å²) in [5, 5.41) is 21.6. The molecule has 0 saturated carbocycles. The molecule has 7 heteroatoms. The van der Waals surface area contributed by atoms with Gasteiger partial charge in [-0.2, -0.15) is 5.26 Å². The molecule has 1 fully saturated rings. The van der Waals surface area contributed by atoms with Gasteiger partial charge in [-0.3, -0.25) is 9.69 Å².